The Bertz CT molecular complexity index is 1040. The molecule has 150 valence electrons. The fourth-order valence-corrected chi connectivity index (χ4v) is 3.25. The molecule has 7 heteroatoms. The van der Waals surface area contributed by atoms with E-state index in [4.69, 9.17) is 4.74 Å². The average Bonchev–Trinajstić information content (AvgIpc) is 2.70. The van der Waals surface area contributed by atoms with Gasteiger partial charge in [0.2, 0.25) is 5.91 Å². The van der Waals surface area contributed by atoms with Gasteiger partial charge in [0.1, 0.15) is 0 Å². The second-order valence-corrected chi connectivity index (χ2v) is 6.81. The third-order valence-corrected chi connectivity index (χ3v) is 4.62. The van der Waals surface area contributed by atoms with E-state index in [0.717, 1.165) is 22.2 Å². The van der Waals surface area contributed by atoms with E-state index in [1.165, 1.54) is 0 Å². The number of hydrogen-bond donors (Lipinski definition) is 1. The SMILES string of the molecule is CCOC(=O)c1nnc2ccccc2c1N(C)CC(=O)Nc1c(C)cccc1C. The van der Waals surface area contributed by atoms with Crippen LogP contribution in [0.25, 0.3) is 10.9 Å². The molecule has 1 N–H and O–H groups in total. The highest BCUT2D eigenvalue weighted by Gasteiger charge is 2.23. The summed E-state index contributed by atoms with van der Waals surface area (Å²) in [6, 6.07) is 13.2. The van der Waals surface area contributed by atoms with E-state index in [0.29, 0.717) is 11.2 Å². The number of amides is 1. The van der Waals surface area contributed by atoms with E-state index in [1.54, 1.807) is 18.9 Å². The number of nitrogens with one attached hydrogen (secondary N) is 1. The van der Waals surface area contributed by atoms with Crippen LogP contribution in [0.3, 0.4) is 0 Å². The van der Waals surface area contributed by atoms with Crippen LogP contribution in [0.4, 0.5) is 11.4 Å². The van der Waals surface area contributed by atoms with Crippen molar-refractivity contribution < 1.29 is 14.3 Å². The van der Waals surface area contributed by atoms with E-state index in [2.05, 4.69) is 15.5 Å². The van der Waals surface area contributed by atoms with Crippen LogP contribution in [0, 0.1) is 13.8 Å². The Morgan fingerprint density at radius 2 is 1.72 bits per heavy atom. The Morgan fingerprint density at radius 1 is 1.03 bits per heavy atom. The lowest BCUT2D eigenvalue weighted by Crippen LogP contribution is -2.32. The lowest BCUT2D eigenvalue weighted by Gasteiger charge is -2.22. The zero-order chi connectivity index (χ0) is 21.0. The van der Waals surface area contributed by atoms with Crippen LogP contribution in [0.1, 0.15) is 28.5 Å². The second kappa shape index (κ2) is 8.68. The molecule has 29 heavy (non-hydrogen) atoms. The Morgan fingerprint density at radius 3 is 2.41 bits per heavy atom. The fourth-order valence-electron chi connectivity index (χ4n) is 3.25. The van der Waals surface area contributed by atoms with Crippen molar-refractivity contribution in [2.75, 3.05) is 30.4 Å². The molecule has 0 radical (unpaired) electrons. The normalized spacial score (nSPS) is 10.6. The lowest BCUT2D eigenvalue weighted by molar-refractivity contribution is -0.114. The lowest BCUT2D eigenvalue weighted by atomic mass is 10.1. The fraction of sp³-hybridized carbons (Fsp3) is 0.273. The summed E-state index contributed by atoms with van der Waals surface area (Å²) < 4.78 is 5.13. The third kappa shape index (κ3) is 4.34. The number of nitrogens with zero attached hydrogens (tertiary/aromatic N) is 3. The molecule has 0 saturated heterocycles. The summed E-state index contributed by atoms with van der Waals surface area (Å²) in [5.74, 6) is -0.761. The first kappa shape index (κ1) is 20.3. The van der Waals surface area contributed by atoms with Gasteiger partial charge in [-0.25, -0.2) is 4.79 Å². The maximum atomic E-state index is 12.7. The number of carbonyl (C=O) groups excluding carboxylic acids is 2. The first-order valence-corrected chi connectivity index (χ1v) is 9.42. The van der Waals surface area contributed by atoms with Gasteiger partial charge in [0.05, 0.1) is 24.4 Å². The highest BCUT2D eigenvalue weighted by Crippen LogP contribution is 2.28. The van der Waals surface area contributed by atoms with E-state index in [-0.39, 0.29) is 24.8 Å². The Hall–Kier alpha value is -3.48. The van der Waals surface area contributed by atoms with E-state index < -0.39 is 5.97 Å². The molecule has 1 heterocycles. The van der Waals surface area contributed by atoms with Gasteiger partial charge in [-0.15, -0.1) is 10.2 Å². The number of ether oxygens (including phenoxy) is 1. The number of fused-ring (bicyclic) bond motifs is 1. The van der Waals surface area contributed by atoms with Gasteiger partial charge in [0, 0.05) is 18.1 Å². The molecule has 0 aliphatic heterocycles. The number of hydrogen-bond acceptors (Lipinski definition) is 6. The van der Waals surface area contributed by atoms with Crippen LogP contribution in [-0.4, -0.2) is 42.3 Å². The maximum Gasteiger partial charge on any atom is 0.361 e. The molecule has 2 aromatic carbocycles. The number of anilines is 2. The Balaban J connectivity index is 1.93. The van der Waals surface area contributed by atoms with Crippen LogP contribution >= 0.6 is 0 Å². The van der Waals surface area contributed by atoms with Crippen LogP contribution in [0.15, 0.2) is 42.5 Å². The highest BCUT2D eigenvalue weighted by atomic mass is 16.5. The van der Waals surface area contributed by atoms with Crippen molar-refractivity contribution in [2.24, 2.45) is 0 Å². The molecule has 1 aromatic heterocycles. The number of para-hydroxylation sites is 1. The van der Waals surface area contributed by atoms with E-state index in [1.807, 2.05) is 56.3 Å². The third-order valence-electron chi connectivity index (χ3n) is 4.62. The largest absolute Gasteiger partial charge is 0.461 e. The number of aromatic nitrogens is 2. The molecule has 0 aliphatic rings. The molecule has 7 nitrogen and oxygen atoms in total. The van der Waals surface area contributed by atoms with Crippen molar-refractivity contribution in [3.8, 4) is 0 Å². The van der Waals surface area contributed by atoms with Crippen molar-refractivity contribution >= 4 is 34.2 Å². The Labute approximate surface area is 169 Å². The number of aryl methyl sites for hydroxylation is 2. The first-order chi connectivity index (χ1) is 13.9. The molecule has 0 fully saturated rings. The highest BCUT2D eigenvalue weighted by molar-refractivity contribution is 6.05. The molecule has 3 rings (SSSR count). The van der Waals surface area contributed by atoms with Crippen LogP contribution in [0.2, 0.25) is 0 Å². The topological polar surface area (TPSA) is 84.4 Å². The van der Waals surface area contributed by atoms with Crippen molar-refractivity contribution in [1.82, 2.24) is 10.2 Å². The van der Waals surface area contributed by atoms with Gasteiger partial charge in [-0.3, -0.25) is 4.79 Å². The monoisotopic (exact) mass is 392 g/mol. The van der Waals surface area contributed by atoms with Crippen LogP contribution in [-0.2, 0) is 9.53 Å². The quantitative estimate of drug-likeness (QED) is 0.647. The summed E-state index contributed by atoms with van der Waals surface area (Å²) in [5.41, 5.74) is 4.03. The minimum absolute atomic E-state index is 0.0376. The number of esters is 1. The molecule has 0 bridgehead atoms. The number of benzene rings is 2. The molecule has 0 saturated carbocycles. The van der Waals surface area contributed by atoms with Gasteiger partial charge in [0.15, 0.2) is 5.69 Å². The molecular weight excluding hydrogens is 368 g/mol. The van der Waals surface area contributed by atoms with E-state index >= 15 is 0 Å². The summed E-state index contributed by atoms with van der Waals surface area (Å²) in [6.07, 6.45) is 0. The molecule has 3 aromatic rings. The molecule has 1 amide bonds. The predicted molar refractivity (Wildman–Crippen MR) is 113 cm³/mol. The summed E-state index contributed by atoms with van der Waals surface area (Å²) in [6.45, 7) is 5.89. The average molecular weight is 392 g/mol. The molecule has 0 atom stereocenters. The summed E-state index contributed by atoms with van der Waals surface area (Å²) in [7, 11) is 1.75. The summed E-state index contributed by atoms with van der Waals surface area (Å²) >= 11 is 0. The maximum absolute atomic E-state index is 12.7. The molecule has 0 spiro atoms. The van der Waals surface area contributed by atoms with Crippen LogP contribution in [0.5, 0.6) is 0 Å². The molecule has 0 unspecified atom stereocenters. The Kier molecular flexibility index (Phi) is 6.07. The van der Waals surface area contributed by atoms with Gasteiger partial charge in [-0.1, -0.05) is 36.4 Å². The smallest absolute Gasteiger partial charge is 0.361 e. The van der Waals surface area contributed by atoms with Gasteiger partial charge < -0.3 is 15.0 Å². The standard InChI is InChI=1S/C22H24N4O3/c1-5-29-22(28)20-21(16-11-6-7-12-17(16)24-25-20)26(4)13-18(27)23-19-14(2)9-8-10-15(19)3/h6-12H,5,13H2,1-4H3,(H,23,27). The number of likely N-dealkylation sites (N-methyl/N-ethyl adjacent to an activating group) is 1. The minimum atomic E-state index is -0.567. The predicted octanol–water partition coefficient (Wildman–Crippen LogP) is 3.50. The van der Waals surface area contributed by atoms with Gasteiger partial charge in [-0.2, -0.15) is 0 Å². The zero-order valence-electron chi connectivity index (χ0n) is 17.0. The van der Waals surface area contributed by atoms with Crippen molar-refractivity contribution in [1.29, 1.82) is 0 Å². The van der Waals surface area contributed by atoms with Gasteiger partial charge in [0.25, 0.3) is 0 Å². The second-order valence-electron chi connectivity index (χ2n) is 6.81. The van der Waals surface area contributed by atoms with Crippen molar-refractivity contribution in [2.45, 2.75) is 20.8 Å². The number of carbonyl (C=O) groups is 2. The van der Waals surface area contributed by atoms with Crippen molar-refractivity contribution in [3.63, 3.8) is 0 Å². The van der Waals surface area contributed by atoms with E-state index in [9.17, 15) is 9.59 Å². The van der Waals surface area contributed by atoms with Gasteiger partial charge >= 0.3 is 5.97 Å². The van der Waals surface area contributed by atoms with Crippen LogP contribution < -0.4 is 10.2 Å². The molecule has 0 aliphatic carbocycles. The van der Waals surface area contributed by atoms with Crippen molar-refractivity contribution in [3.05, 3.63) is 59.3 Å². The molecular formula is C22H24N4O3. The summed E-state index contributed by atoms with van der Waals surface area (Å²) in [4.78, 5) is 26.9. The minimum Gasteiger partial charge on any atom is -0.461 e. The summed E-state index contributed by atoms with van der Waals surface area (Å²) in [5, 5.41) is 11.9. The zero-order valence-corrected chi connectivity index (χ0v) is 17.0. The number of rotatable bonds is 6. The first-order valence-electron chi connectivity index (χ1n) is 9.42. The van der Waals surface area contributed by atoms with Gasteiger partial charge in [-0.05, 0) is 38.0 Å².